The van der Waals surface area contributed by atoms with Crippen LogP contribution in [0.2, 0.25) is 0 Å². The summed E-state index contributed by atoms with van der Waals surface area (Å²) in [6, 6.07) is 7.93. The number of alkyl halides is 3. The molecule has 3 aromatic rings. The Hall–Kier alpha value is -3.27. The van der Waals surface area contributed by atoms with Crippen LogP contribution in [0.3, 0.4) is 0 Å². The van der Waals surface area contributed by atoms with E-state index in [1.54, 1.807) is 19.1 Å². The topological polar surface area (TPSA) is 98.7 Å². The van der Waals surface area contributed by atoms with E-state index in [0.29, 0.717) is 22.5 Å². The molecule has 0 bridgehead atoms. The first kappa shape index (κ1) is 19.5. The minimum Gasteiger partial charge on any atom is -0.325 e. The number of benzene rings is 1. The maximum absolute atomic E-state index is 12.6. The molecule has 2 heterocycles. The molecule has 1 amide bonds. The Bertz CT molecular complexity index is 982. The van der Waals surface area contributed by atoms with Crippen molar-refractivity contribution in [3.63, 3.8) is 0 Å². The van der Waals surface area contributed by atoms with E-state index in [2.05, 4.69) is 20.6 Å². The van der Waals surface area contributed by atoms with E-state index in [9.17, 15) is 18.0 Å². The number of hydrogen-bond acceptors (Lipinski definition) is 5. The third-order valence-electron chi connectivity index (χ3n) is 4.12. The number of hydrogen-bond donors (Lipinski definition) is 2. The van der Waals surface area contributed by atoms with Crippen LogP contribution in [0, 0.1) is 6.92 Å². The SMILES string of the molecule is Cc1c(NC(=O)c2ccnc(CN)c2)nnn1Cc1ccc(C(F)(F)F)cc1. The maximum atomic E-state index is 12.6. The maximum Gasteiger partial charge on any atom is 0.416 e. The highest BCUT2D eigenvalue weighted by Crippen LogP contribution is 2.29. The van der Waals surface area contributed by atoms with Crippen LogP contribution >= 0.6 is 0 Å². The van der Waals surface area contributed by atoms with Crippen LogP contribution in [0.4, 0.5) is 19.0 Å². The van der Waals surface area contributed by atoms with Gasteiger partial charge in [-0.05, 0) is 36.8 Å². The molecule has 3 rings (SSSR count). The first-order valence-corrected chi connectivity index (χ1v) is 8.30. The normalized spacial score (nSPS) is 11.5. The Kier molecular flexibility index (Phi) is 5.41. The Morgan fingerprint density at radius 1 is 1.21 bits per heavy atom. The van der Waals surface area contributed by atoms with Crippen molar-refractivity contribution in [1.82, 2.24) is 20.0 Å². The van der Waals surface area contributed by atoms with Gasteiger partial charge in [-0.2, -0.15) is 13.2 Å². The average molecular weight is 390 g/mol. The molecule has 7 nitrogen and oxygen atoms in total. The molecule has 0 spiro atoms. The molecular formula is C18H17F3N6O. The van der Waals surface area contributed by atoms with E-state index >= 15 is 0 Å². The van der Waals surface area contributed by atoms with Crippen LogP contribution in [0.1, 0.15) is 32.9 Å². The van der Waals surface area contributed by atoms with Crippen LogP contribution in [-0.4, -0.2) is 25.9 Å². The fourth-order valence-electron chi connectivity index (χ4n) is 2.51. The van der Waals surface area contributed by atoms with Crippen molar-refractivity contribution >= 4 is 11.7 Å². The molecule has 2 aromatic heterocycles. The molecule has 0 fully saturated rings. The van der Waals surface area contributed by atoms with Gasteiger partial charge in [0.1, 0.15) is 0 Å². The number of nitrogens with two attached hydrogens (primary N) is 1. The third-order valence-corrected chi connectivity index (χ3v) is 4.12. The van der Waals surface area contributed by atoms with Crippen LogP contribution in [0.25, 0.3) is 0 Å². The monoisotopic (exact) mass is 390 g/mol. The number of nitrogens with zero attached hydrogens (tertiary/aromatic N) is 4. The number of amides is 1. The van der Waals surface area contributed by atoms with E-state index in [0.717, 1.165) is 12.1 Å². The van der Waals surface area contributed by atoms with Crippen molar-refractivity contribution in [2.45, 2.75) is 26.2 Å². The first-order chi connectivity index (χ1) is 13.3. The Labute approximate surface area is 158 Å². The van der Waals surface area contributed by atoms with Gasteiger partial charge < -0.3 is 11.1 Å². The molecular weight excluding hydrogens is 373 g/mol. The summed E-state index contributed by atoms with van der Waals surface area (Å²) in [7, 11) is 0. The number of carbonyl (C=O) groups excluding carboxylic acids is 1. The molecule has 0 aliphatic heterocycles. The quantitative estimate of drug-likeness (QED) is 0.698. The number of aromatic nitrogens is 4. The fraction of sp³-hybridized carbons (Fsp3) is 0.222. The minimum absolute atomic E-state index is 0.212. The standard InChI is InChI=1S/C18H17F3N6O/c1-11-16(24-17(28)13-6-7-23-15(8-13)9-22)25-26-27(11)10-12-2-4-14(5-3-12)18(19,20)21/h2-8H,9-10,22H2,1H3,(H,24,28). The Balaban J connectivity index is 1.72. The first-order valence-electron chi connectivity index (χ1n) is 8.30. The number of carbonyl (C=O) groups is 1. The summed E-state index contributed by atoms with van der Waals surface area (Å²) in [5.41, 5.74) is 6.97. The fourth-order valence-corrected chi connectivity index (χ4v) is 2.51. The van der Waals surface area contributed by atoms with Gasteiger partial charge in [-0.25, -0.2) is 4.68 Å². The average Bonchev–Trinajstić information content (AvgIpc) is 3.01. The van der Waals surface area contributed by atoms with Gasteiger partial charge in [-0.1, -0.05) is 17.3 Å². The second-order valence-electron chi connectivity index (χ2n) is 6.07. The Morgan fingerprint density at radius 3 is 2.57 bits per heavy atom. The second-order valence-corrected chi connectivity index (χ2v) is 6.07. The Morgan fingerprint density at radius 2 is 1.93 bits per heavy atom. The van der Waals surface area contributed by atoms with Crippen molar-refractivity contribution in [2.24, 2.45) is 5.73 Å². The molecule has 0 unspecified atom stereocenters. The molecule has 146 valence electrons. The largest absolute Gasteiger partial charge is 0.416 e. The molecule has 1 aromatic carbocycles. The van der Waals surface area contributed by atoms with Gasteiger partial charge in [0.15, 0.2) is 5.82 Å². The van der Waals surface area contributed by atoms with Crippen molar-refractivity contribution < 1.29 is 18.0 Å². The summed E-state index contributed by atoms with van der Waals surface area (Å²) in [5, 5.41) is 10.6. The molecule has 0 aliphatic rings. The zero-order chi connectivity index (χ0) is 20.3. The van der Waals surface area contributed by atoms with Gasteiger partial charge in [0, 0.05) is 18.3 Å². The van der Waals surface area contributed by atoms with Gasteiger partial charge in [0.2, 0.25) is 0 Å². The van der Waals surface area contributed by atoms with Gasteiger partial charge in [-0.3, -0.25) is 9.78 Å². The van der Waals surface area contributed by atoms with E-state index in [1.165, 1.54) is 23.0 Å². The molecule has 0 radical (unpaired) electrons. The van der Waals surface area contributed by atoms with Crippen LogP contribution < -0.4 is 11.1 Å². The zero-order valence-electron chi connectivity index (χ0n) is 14.9. The summed E-state index contributed by atoms with van der Waals surface area (Å²) >= 11 is 0. The van der Waals surface area contributed by atoms with E-state index < -0.39 is 11.7 Å². The predicted octanol–water partition coefficient (Wildman–Crippen LogP) is 2.76. The van der Waals surface area contributed by atoms with Crippen molar-refractivity contribution in [2.75, 3.05) is 5.32 Å². The lowest BCUT2D eigenvalue weighted by Crippen LogP contribution is -2.14. The van der Waals surface area contributed by atoms with E-state index in [4.69, 9.17) is 5.73 Å². The van der Waals surface area contributed by atoms with Crippen molar-refractivity contribution in [3.05, 3.63) is 70.7 Å². The molecule has 0 atom stereocenters. The van der Waals surface area contributed by atoms with Crippen LogP contribution in [0.15, 0.2) is 42.6 Å². The highest BCUT2D eigenvalue weighted by molar-refractivity contribution is 6.03. The van der Waals surface area contributed by atoms with Gasteiger partial charge in [-0.15, -0.1) is 5.10 Å². The number of halogens is 3. The highest BCUT2D eigenvalue weighted by Gasteiger charge is 2.29. The smallest absolute Gasteiger partial charge is 0.325 e. The summed E-state index contributed by atoms with van der Waals surface area (Å²) in [4.78, 5) is 16.4. The summed E-state index contributed by atoms with van der Waals surface area (Å²) < 4.78 is 39.4. The summed E-state index contributed by atoms with van der Waals surface area (Å²) in [6.45, 7) is 2.14. The number of pyridine rings is 1. The summed E-state index contributed by atoms with van der Waals surface area (Å²) in [6.07, 6.45) is -2.89. The third kappa shape index (κ3) is 4.34. The lowest BCUT2D eigenvalue weighted by Gasteiger charge is -2.08. The zero-order valence-corrected chi connectivity index (χ0v) is 14.9. The molecule has 0 saturated carbocycles. The van der Waals surface area contributed by atoms with Gasteiger partial charge in [0.25, 0.3) is 5.91 Å². The van der Waals surface area contributed by atoms with E-state index in [1.807, 2.05) is 0 Å². The van der Waals surface area contributed by atoms with Crippen molar-refractivity contribution in [1.29, 1.82) is 0 Å². The summed E-state index contributed by atoms with van der Waals surface area (Å²) in [5.74, 6) is -0.121. The number of anilines is 1. The van der Waals surface area contributed by atoms with Gasteiger partial charge >= 0.3 is 6.18 Å². The van der Waals surface area contributed by atoms with Crippen molar-refractivity contribution in [3.8, 4) is 0 Å². The van der Waals surface area contributed by atoms with Gasteiger partial charge in [0.05, 0.1) is 23.5 Å². The molecule has 28 heavy (non-hydrogen) atoms. The van der Waals surface area contributed by atoms with Crippen LogP contribution in [0.5, 0.6) is 0 Å². The minimum atomic E-state index is -4.38. The predicted molar refractivity (Wildman–Crippen MR) is 95.4 cm³/mol. The number of nitrogens with one attached hydrogen (secondary N) is 1. The highest BCUT2D eigenvalue weighted by atomic mass is 19.4. The molecule has 0 saturated heterocycles. The number of rotatable bonds is 5. The molecule has 0 aliphatic carbocycles. The van der Waals surface area contributed by atoms with Crippen LogP contribution in [-0.2, 0) is 19.3 Å². The lowest BCUT2D eigenvalue weighted by molar-refractivity contribution is -0.137. The molecule has 10 heteroatoms. The lowest BCUT2D eigenvalue weighted by atomic mass is 10.1. The van der Waals surface area contributed by atoms with E-state index in [-0.39, 0.29) is 24.8 Å². The molecule has 3 N–H and O–H groups in total. The second kappa shape index (κ2) is 7.77.